The van der Waals surface area contributed by atoms with E-state index in [1.165, 1.54) is 25.3 Å². The maximum absolute atomic E-state index is 12.8. The van der Waals surface area contributed by atoms with Gasteiger partial charge < -0.3 is 4.42 Å². The lowest BCUT2D eigenvalue weighted by molar-refractivity contribution is 0.136. The molecule has 1 aromatic heterocycles. The lowest BCUT2D eigenvalue weighted by Crippen LogP contribution is -2.44. The number of nitrogens with zero attached hydrogens (tertiary/aromatic N) is 1. The van der Waals surface area contributed by atoms with Crippen LogP contribution in [-0.2, 0) is 15.9 Å². The fourth-order valence-corrected chi connectivity index (χ4v) is 6.17. The number of fused-ring (bicyclic) bond motifs is 1. The van der Waals surface area contributed by atoms with E-state index in [0.29, 0.717) is 30.7 Å². The first-order chi connectivity index (χ1) is 10.0. The molecule has 118 valence electrons. The Labute approximate surface area is 139 Å². The molecule has 2 aliphatic rings. The fourth-order valence-electron chi connectivity index (χ4n) is 3.56. The van der Waals surface area contributed by atoms with Crippen molar-refractivity contribution in [3.8, 4) is 0 Å². The molecule has 0 N–H and O–H groups in total. The summed E-state index contributed by atoms with van der Waals surface area (Å²) in [7, 11) is -3.50. The molecular formula is C14H19BrClNO3S. The van der Waals surface area contributed by atoms with Crippen molar-refractivity contribution in [2.75, 3.05) is 13.1 Å². The third kappa shape index (κ3) is 3.05. The van der Waals surface area contributed by atoms with Crippen LogP contribution < -0.4 is 0 Å². The van der Waals surface area contributed by atoms with Crippen LogP contribution in [0.25, 0.3) is 0 Å². The summed E-state index contributed by atoms with van der Waals surface area (Å²) in [6, 6.07) is 1.53. The Balaban J connectivity index is 1.83. The first-order valence-corrected chi connectivity index (χ1v) is 10.1. The minimum atomic E-state index is -3.50. The number of furan rings is 1. The molecule has 0 bridgehead atoms. The Kier molecular flexibility index (Phi) is 4.69. The number of hydrogen-bond donors (Lipinski definition) is 0. The number of halogens is 2. The van der Waals surface area contributed by atoms with Gasteiger partial charge in [0.05, 0.1) is 5.88 Å². The highest BCUT2D eigenvalue weighted by Gasteiger charge is 2.38. The van der Waals surface area contributed by atoms with E-state index in [9.17, 15) is 8.42 Å². The van der Waals surface area contributed by atoms with Gasteiger partial charge in [0.25, 0.3) is 0 Å². The molecular weight excluding hydrogens is 378 g/mol. The van der Waals surface area contributed by atoms with Crippen LogP contribution in [0.3, 0.4) is 0 Å². The van der Waals surface area contributed by atoms with Crippen molar-refractivity contribution in [1.29, 1.82) is 0 Å². The zero-order valence-corrected chi connectivity index (χ0v) is 14.9. The summed E-state index contributed by atoms with van der Waals surface area (Å²) in [5, 5.41) is 0. The van der Waals surface area contributed by atoms with Gasteiger partial charge in [-0.15, -0.1) is 11.6 Å². The Morgan fingerprint density at radius 3 is 2.67 bits per heavy atom. The van der Waals surface area contributed by atoms with Crippen LogP contribution >= 0.6 is 27.5 Å². The Hall–Kier alpha value is -0.0400. The smallest absolute Gasteiger partial charge is 0.247 e. The summed E-state index contributed by atoms with van der Waals surface area (Å²) in [6.07, 6.45) is 5.89. The highest BCUT2D eigenvalue weighted by molar-refractivity contribution is 9.10. The molecule has 0 aromatic carbocycles. The minimum absolute atomic E-state index is 0.165. The molecule has 1 saturated heterocycles. The second kappa shape index (κ2) is 6.22. The molecule has 1 aliphatic heterocycles. The summed E-state index contributed by atoms with van der Waals surface area (Å²) in [5.74, 6) is 1.85. The quantitative estimate of drug-likeness (QED) is 0.726. The van der Waals surface area contributed by atoms with Crippen LogP contribution in [-0.4, -0.2) is 25.8 Å². The molecule has 0 spiro atoms. The molecule has 7 heteroatoms. The molecule has 1 saturated carbocycles. The summed E-state index contributed by atoms with van der Waals surface area (Å²) >= 11 is 8.91. The van der Waals surface area contributed by atoms with E-state index in [0.717, 1.165) is 12.8 Å². The second-order valence-electron chi connectivity index (χ2n) is 5.94. The van der Waals surface area contributed by atoms with E-state index in [1.54, 1.807) is 4.31 Å². The maximum Gasteiger partial charge on any atom is 0.247 e. The molecule has 2 heterocycles. The second-order valence-corrected chi connectivity index (χ2v) is 8.83. The molecule has 2 atom stereocenters. The van der Waals surface area contributed by atoms with Crippen molar-refractivity contribution in [1.82, 2.24) is 4.31 Å². The van der Waals surface area contributed by atoms with Crippen LogP contribution in [0.1, 0.15) is 37.9 Å². The molecule has 2 unspecified atom stereocenters. The Bertz CT molecular complexity index is 616. The van der Waals surface area contributed by atoms with E-state index in [4.69, 9.17) is 16.0 Å². The normalized spacial score (nSPS) is 27.5. The van der Waals surface area contributed by atoms with Crippen LogP contribution in [0.4, 0.5) is 0 Å². The summed E-state index contributed by atoms with van der Waals surface area (Å²) < 4.78 is 32.8. The zero-order valence-electron chi connectivity index (χ0n) is 11.7. The summed E-state index contributed by atoms with van der Waals surface area (Å²) in [4.78, 5) is 0.201. The predicted molar refractivity (Wildman–Crippen MR) is 84.8 cm³/mol. The summed E-state index contributed by atoms with van der Waals surface area (Å²) in [6.45, 7) is 1.25. The lowest BCUT2D eigenvalue weighted by Gasteiger charge is -2.40. The number of sulfonamides is 1. The topological polar surface area (TPSA) is 50.5 Å². The van der Waals surface area contributed by atoms with E-state index in [1.807, 2.05) is 0 Å². The zero-order chi connectivity index (χ0) is 15.0. The number of alkyl halides is 1. The van der Waals surface area contributed by atoms with Gasteiger partial charge in [-0.05, 0) is 40.6 Å². The van der Waals surface area contributed by atoms with Gasteiger partial charge in [0.2, 0.25) is 10.0 Å². The first kappa shape index (κ1) is 15.8. The number of rotatable bonds is 3. The van der Waals surface area contributed by atoms with Crippen LogP contribution in [0, 0.1) is 11.8 Å². The highest BCUT2D eigenvalue weighted by Crippen LogP contribution is 2.39. The first-order valence-electron chi connectivity index (χ1n) is 7.36. The average Bonchev–Trinajstić information content (AvgIpc) is 2.88. The molecule has 1 aromatic rings. The van der Waals surface area contributed by atoms with Gasteiger partial charge in [0.15, 0.2) is 4.67 Å². The Morgan fingerprint density at radius 2 is 2.00 bits per heavy atom. The fraction of sp³-hybridized carbons (Fsp3) is 0.714. The van der Waals surface area contributed by atoms with Crippen LogP contribution in [0.15, 0.2) is 20.0 Å². The van der Waals surface area contributed by atoms with Crippen molar-refractivity contribution in [3.63, 3.8) is 0 Å². The van der Waals surface area contributed by atoms with Crippen molar-refractivity contribution >= 4 is 37.6 Å². The Morgan fingerprint density at radius 1 is 1.29 bits per heavy atom. The van der Waals surface area contributed by atoms with E-state index in [2.05, 4.69) is 15.9 Å². The van der Waals surface area contributed by atoms with E-state index in [-0.39, 0.29) is 15.4 Å². The third-order valence-electron chi connectivity index (χ3n) is 4.71. The SMILES string of the molecule is O=S(=O)(c1cc(CCl)oc1Br)N1CCC2CCCCC2C1. The average molecular weight is 397 g/mol. The van der Waals surface area contributed by atoms with Gasteiger partial charge >= 0.3 is 0 Å². The number of hydrogen-bond acceptors (Lipinski definition) is 3. The predicted octanol–water partition coefficient (Wildman–Crippen LogP) is 3.98. The van der Waals surface area contributed by atoms with Gasteiger partial charge in [0.1, 0.15) is 10.7 Å². The highest BCUT2D eigenvalue weighted by atomic mass is 79.9. The van der Waals surface area contributed by atoms with Crippen molar-refractivity contribution in [2.45, 2.75) is 42.9 Å². The van der Waals surface area contributed by atoms with Crippen molar-refractivity contribution in [2.24, 2.45) is 11.8 Å². The molecule has 21 heavy (non-hydrogen) atoms. The molecule has 1 aliphatic carbocycles. The van der Waals surface area contributed by atoms with Gasteiger partial charge in [-0.3, -0.25) is 0 Å². The minimum Gasteiger partial charge on any atom is -0.452 e. The van der Waals surface area contributed by atoms with E-state index < -0.39 is 10.0 Å². The monoisotopic (exact) mass is 395 g/mol. The molecule has 3 rings (SSSR count). The van der Waals surface area contributed by atoms with Gasteiger partial charge in [-0.2, -0.15) is 4.31 Å². The molecule has 0 amide bonds. The molecule has 0 radical (unpaired) electrons. The van der Waals surface area contributed by atoms with Gasteiger partial charge in [-0.1, -0.05) is 19.3 Å². The van der Waals surface area contributed by atoms with Crippen LogP contribution in [0.2, 0.25) is 0 Å². The van der Waals surface area contributed by atoms with Gasteiger partial charge in [-0.25, -0.2) is 8.42 Å². The standard InChI is InChI=1S/C14H19BrClNO3S/c15-14-13(7-12(8-16)20-14)21(18,19)17-6-5-10-3-1-2-4-11(10)9-17/h7,10-11H,1-6,8-9H2. The largest absolute Gasteiger partial charge is 0.452 e. The maximum atomic E-state index is 12.8. The van der Waals surface area contributed by atoms with Gasteiger partial charge in [0, 0.05) is 19.2 Å². The van der Waals surface area contributed by atoms with Crippen LogP contribution in [0.5, 0.6) is 0 Å². The van der Waals surface area contributed by atoms with Crippen molar-refractivity contribution in [3.05, 3.63) is 16.5 Å². The van der Waals surface area contributed by atoms with E-state index >= 15 is 0 Å². The van der Waals surface area contributed by atoms with Crippen molar-refractivity contribution < 1.29 is 12.8 Å². The summed E-state index contributed by atoms with van der Waals surface area (Å²) in [5.41, 5.74) is 0. The number of piperidine rings is 1. The molecule has 4 nitrogen and oxygen atoms in total. The third-order valence-corrected chi connectivity index (χ3v) is 7.70. The molecule has 2 fully saturated rings. The lowest BCUT2D eigenvalue weighted by atomic mass is 9.76.